The predicted octanol–water partition coefficient (Wildman–Crippen LogP) is 3.47. The Morgan fingerprint density at radius 1 is 1.09 bits per heavy atom. The number of benzene rings is 2. The summed E-state index contributed by atoms with van der Waals surface area (Å²) in [5.41, 5.74) is 1.25. The number of rotatable bonds is 9. The Morgan fingerprint density at radius 2 is 1.81 bits per heavy atom. The van der Waals surface area contributed by atoms with Crippen molar-refractivity contribution in [2.45, 2.75) is 19.4 Å². The summed E-state index contributed by atoms with van der Waals surface area (Å²) in [4.78, 5) is 29.6. The molecule has 2 aromatic carbocycles. The summed E-state index contributed by atoms with van der Waals surface area (Å²) >= 11 is 0. The van der Waals surface area contributed by atoms with Gasteiger partial charge in [0, 0.05) is 12.1 Å². The molecule has 1 unspecified atom stereocenters. The number of aliphatic hydroxyl groups is 1. The largest absolute Gasteiger partial charge is 0.507 e. The molecule has 170 valence electrons. The highest BCUT2D eigenvalue weighted by Gasteiger charge is 2.45. The molecule has 7 nitrogen and oxygen atoms in total. The molecule has 0 aliphatic carbocycles. The zero-order chi connectivity index (χ0) is 23.3. The highest BCUT2D eigenvalue weighted by atomic mass is 16.5. The molecule has 1 heterocycles. The molecule has 3 rings (SSSR count). The molecule has 0 spiro atoms. The van der Waals surface area contributed by atoms with Gasteiger partial charge in [0.2, 0.25) is 0 Å². The molecule has 2 aromatic rings. The molecule has 0 bridgehead atoms. The van der Waals surface area contributed by atoms with E-state index in [1.54, 1.807) is 36.3 Å². The summed E-state index contributed by atoms with van der Waals surface area (Å²) < 4.78 is 10.8. The molecule has 7 heteroatoms. The molecule has 1 aliphatic rings. The summed E-state index contributed by atoms with van der Waals surface area (Å²) in [6.45, 7) is 3.56. The molecule has 1 saturated heterocycles. The van der Waals surface area contributed by atoms with Crippen LogP contribution in [0.5, 0.6) is 11.5 Å². The van der Waals surface area contributed by atoms with E-state index >= 15 is 0 Å². The lowest BCUT2D eigenvalue weighted by atomic mass is 9.95. The SMILES string of the molecule is CCOc1cccc(C2/C(=C(/O)c3ccc(OC)cc3)C(=O)C(=O)N2CCCN(C)C)c1. The van der Waals surface area contributed by atoms with Crippen molar-refractivity contribution in [1.82, 2.24) is 9.80 Å². The first-order chi connectivity index (χ1) is 15.4. The summed E-state index contributed by atoms with van der Waals surface area (Å²) in [6, 6.07) is 13.4. The first-order valence-corrected chi connectivity index (χ1v) is 10.7. The predicted molar refractivity (Wildman–Crippen MR) is 123 cm³/mol. The standard InChI is InChI=1S/C25H30N2O5/c1-5-32-20-9-6-8-18(16-20)22-21(23(28)17-10-12-19(31-4)13-11-17)24(29)25(30)27(22)15-7-14-26(2)3/h6,8-13,16,22,28H,5,7,14-15H2,1-4H3/b23-21-. The van der Waals surface area contributed by atoms with Gasteiger partial charge in [0.25, 0.3) is 11.7 Å². The normalized spacial score (nSPS) is 17.8. The Kier molecular flexibility index (Phi) is 7.53. The van der Waals surface area contributed by atoms with Crippen LogP contribution in [0.2, 0.25) is 0 Å². The highest BCUT2D eigenvalue weighted by molar-refractivity contribution is 6.46. The minimum absolute atomic E-state index is 0.0821. The van der Waals surface area contributed by atoms with Gasteiger partial charge in [-0.1, -0.05) is 12.1 Å². The molecule has 1 atom stereocenters. The maximum Gasteiger partial charge on any atom is 0.295 e. The van der Waals surface area contributed by atoms with Crippen LogP contribution < -0.4 is 9.47 Å². The van der Waals surface area contributed by atoms with E-state index in [1.165, 1.54) is 0 Å². The number of aliphatic hydroxyl groups excluding tert-OH is 1. The van der Waals surface area contributed by atoms with Crippen LogP contribution in [-0.4, -0.2) is 67.5 Å². The monoisotopic (exact) mass is 438 g/mol. The number of methoxy groups -OCH3 is 1. The van der Waals surface area contributed by atoms with Gasteiger partial charge < -0.3 is 24.4 Å². The quantitative estimate of drug-likeness (QED) is 0.367. The fourth-order valence-corrected chi connectivity index (χ4v) is 3.86. The lowest BCUT2D eigenvalue weighted by Gasteiger charge is -2.26. The van der Waals surface area contributed by atoms with Gasteiger partial charge in [-0.2, -0.15) is 0 Å². The number of carbonyl (C=O) groups is 2. The Hall–Kier alpha value is -3.32. The number of Topliss-reactive ketones (excluding diaryl/α,β-unsaturated/α-hetero) is 1. The molecule has 1 amide bonds. The third-order valence-electron chi connectivity index (χ3n) is 5.39. The molecular weight excluding hydrogens is 408 g/mol. The number of ether oxygens (including phenoxy) is 2. The van der Waals surface area contributed by atoms with Crippen molar-refractivity contribution in [1.29, 1.82) is 0 Å². The molecule has 1 N–H and O–H groups in total. The van der Waals surface area contributed by atoms with E-state index in [9.17, 15) is 14.7 Å². The highest BCUT2D eigenvalue weighted by Crippen LogP contribution is 2.40. The van der Waals surface area contributed by atoms with E-state index in [-0.39, 0.29) is 11.3 Å². The summed E-state index contributed by atoms with van der Waals surface area (Å²) in [5, 5.41) is 11.1. The average Bonchev–Trinajstić information content (AvgIpc) is 3.04. The van der Waals surface area contributed by atoms with Crippen LogP contribution in [0.4, 0.5) is 0 Å². The number of hydrogen-bond acceptors (Lipinski definition) is 6. The van der Waals surface area contributed by atoms with Crippen LogP contribution in [-0.2, 0) is 9.59 Å². The number of amides is 1. The van der Waals surface area contributed by atoms with Gasteiger partial charge in [-0.3, -0.25) is 9.59 Å². The van der Waals surface area contributed by atoms with Crippen molar-refractivity contribution in [3.05, 3.63) is 65.2 Å². The van der Waals surface area contributed by atoms with Crippen molar-refractivity contribution in [3.8, 4) is 11.5 Å². The van der Waals surface area contributed by atoms with Crippen LogP contribution in [0.25, 0.3) is 5.76 Å². The van der Waals surface area contributed by atoms with Gasteiger partial charge in [-0.05, 0) is 75.9 Å². The molecule has 1 aliphatic heterocycles. The second kappa shape index (κ2) is 10.3. The first-order valence-electron chi connectivity index (χ1n) is 10.7. The van der Waals surface area contributed by atoms with E-state index in [1.807, 2.05) is 50.2 Å². The second-order valence-electron chi connectivity index (χ2n) is 7.88. The van der Waals surface area contributed by atoms with E-state index < -0.39 is 17.7 Å². The number of carbonyl (C=O) groups excluding carboxylic acids is 2. The number of nitrogens with zero attached hydrogens (tertiary/aromatic N) is 2. The molecule has 0 saturated carbocycles. The molecule has 0 aromatic heterocycles. The number of hydrogen-bond donors (Lipinski definition) is 1. The van der Waals surface area contributed by atoms with E-state index in [0.717, 1.165) is 12.1 Å². The fourth-order valence-electron chi connectivity index (χ4n) is 3.86. The molecule has 0 radical (unpaired) electrons. The van der Waals surface area contributed by atoms with Gasteiger partial charge >= 0.3 is 0 Å². The average molecular weight is 439 g/mol. The van der Waals surface area contributed by atoms with Gasteiger partial charge in [-0.25, -0.2) is 0 Å². The Balaban J connectivity index is 2.08. The maximum absolute atomic E-state index is 13.1. The van der Waals surface area contributed by atoms with E-state index in [2.05, 4.69) is 0 Å². The third kappa shape index (κ3) is 4.94. The van der Waals surface area contributed by atoms with Crippen molar-refractivity contribution < 1.29 is 24.2 Å². The van der Waals surface area contributed by atoms with Gasteiger partial charge in [0.1, 0.15) is 17.3 Å². The number of ketones is 1. The summed E-state index contributed by atoms with van der Waals surface area (Å²) in [7, 11) is 5.47. The Morgan fingerprint density at radius 3 is 2.44 bits per heavy atom. The molecule has 32 heavy (non-hydrogen) atoms. The van der Waals surface area contributed by atoms with E-state index in [0.29, 0.717) is 36.6 Å². The van der Waals surface area contributed by atoms with Gasteiger partial charge in [0.15, 0.2) is 0 Å². The summed E-state index contributed by atoms with van der Waals surface area (Å²) in [5.74, 6) is -0.214. The van der Waals surface area contributed by atoms with Crippen LogP contribution >= 0.6 is 0 Å². The van der Waals surface area contributed by atoms with E-state index in [4.69, 9.17) is 9.47 Å². The van der Waals surface area contributed by atoms with Crippen LogP contribution in [0.3, 0.4) is 0 Å². The number of likely N-dealkylation sites (tertiary alicyclic amines) is 1. The topological polar surface area (TPSA) is 79.3 Å². The van der Waals surface area contributed by atoms with Gasteiger partial charge in [-0.15, -0.1) is 0 Å². The summed E-state index contributed by atoms with van der Waals surface area (Å²) in [6.07, 6.45) is 0.699. The minimum Gasteiger partial charge on any atom is -0.507 e. The lowest BCUT2D eigenvalue weighted by molar-refractivity contribution is -0.139. The fraction of sp³-hybridized carbons (Fsp3) is 0.360. The smallest absolute Gasteiger partial charge is 0.295 e. The van der Waals surface area contributed by atoms with Crippen LogP contribution in [0.1, 0.15) is 30.5 Å². The minimum atomic E-state index is -0.695. The van der Waals surface area contributed by atoms with Crippen molar-refractivity contribution in [2.24, 2.45) is 0 Å². The maximum atomic E-state index is 13.1. The third-order valence-corrected chi connectivity index (χ3v) is 5.39. The zero-order valence-corrected chi connectivity index (χ0v) is 19.0. The van der Waals surface area contributed by atoms with Crippen LogP contribution in [0, 0.1) is 0 Å². The zero-order valence-electron chi connectivity index (χ0n) is 19.0. The van der Waals surface area contributed by atoms with Crippen molar-refractivity contribution in [3.63, 3.8) is 0 Å². The lowest BCUT2D eigenvalue weighted by Crippen LogP contribution is -2.32. The Labute approximate surface area is 188 Å². The van der Waals surface area contributed by atoms with Crippen molar-refractivity contribution in [2.75, 3.05) is 40.9 Å². The van der Waals surface area contributed by atoms with Crippen LogP contribution in [0.15, 0.2) is 54.1 Å². The van der Waals surface area contributed by atoms with Crippen molar-refractivity contribution >= 4 is 17.4 Å². The Bertz CT molecular complexity index is 998. The second-order valence-corrected chi connectivity index (χ2v) is 7.88. The first kappa shape index (κ1) is 23.3. The molecule has 1 fully saturated rings. The molecular formula is C25H30N2O5. The van der Waals surface area contributed by atoms with Gasteiger partial charge in [0.05, 0.1) is 25.3 Å².